The minimum Gasteiger partial charge on any atom is -0.455 e. The molecule has 0 unspecified atom stereocenters. The van der Waals surface area contributed by atoms with E-state index in [2.05, 4.69) is 190 Å². The van der Waals surface area contributed by atoms with Crippen LogP contribution >= 0.6 is 11.3 Å². The van der Waals surface area contributed by atoms with E-state index in [4.69, 9.17) is 4.42 Å². The van der Waals surface area contributed by atoms with Crippen molar-refractivity contribution in [3.8, 4) is 33.4 Å². The molecule has 0 spiro atoms. The first-order valence-corrected chi connectivity index (χ1v) is 19.8. The summed E-state index contributed by atoms with van der Waals surface area (Å²) in [5.41, 5.74) is 16.6. The lowest BCUT2D eigenvalue weighted by Crippen LogP contribution is -2.15. The van der Waals surface area contributed by atoms with Crippen LogP contribution in [0.15, 0.2) is 180 Å². The molecule has 0 N–H and O–H groups in total. The molecule has 1 nitrogen and oxygen atoms in total. The molecule has 11 rings (SSSR count). The van der Waals surface area contributed by atoms with E-state index < -0.39 is 0 Å². The van der Waals surface area contributed by atoms with E-state index in [9.17, 15) is 0 Å². The van der Waals surface area contributed by atoms with Crippen LogP contribution in [0.5, 0.6) is 0 Å². The van der Waals surface area contributed by atoms with E-state index in [1.807, 2.05) is 17.4 Å². The monoisotopic (exact) mass is 720 g/mol. The molecule has 55 heavy (non-hydrogen) atoms. The second-order valence-corrected chi connectivity index (χ2v) is 16.3. The zero-order valence-electron chi connectivity index (χ0n) is 30.6. The first-order valence-electron chi connectivity index (χ1n) is 19.0. The minimum atomic E-state index is -0.172. The second-order valence-electron chi connectivity index (χ2n) is 15.3. The third-order valence-corrected chi connectivity index (χ3v) is 12.9. The normalized spacial score (nSPS) is 13.5. The van der Waals surface area contributed by atoms with Gasteiger partial charge in [-0.15, -0.1) is 11.3 Å². The van der Waals surface area contributed by atoms with Gasteiger partial charge in [0.05, 0.1) is 0 Å². The summed E-state index contributed by atoms with van der Waals surface area (Å²) in [6.45, 7) is 4.76. The number of furan rings is 1. The van der Waals surface area contributed by atoms with Gasteiger partial charge in [0.25, 0.3) is 0 Å². The Balaban J connectivity index is 1.04. The highest BCUT2D eigenvalue weighted by molar-refractivity contribution is 7.26. The maximum Gasteiger partial charge on any atom is 0.143 e. The molecule has 0 aliphatic heterocycles. The first kappa shape index (κ1) is 32.0. The van der Waals surface area contributed by atoms with Crippen LogP contribution in [0.3, 0.4) is 0 Å². The molecule has 0 amide bonds. The standard InChI is InChI=1S/C53H36OS/c1-53(2)47-31-33(22-28-39(47)40-29-27-37(32-48(40)53)38-16-10-19-45-42-15-7-9-21-50(42)55-52(38)45)30-46(36-25-23-35(24-26-36)34-12-4-3-5-13-34)44-18-11-17-43-41-14-6-8-20-49(41)54-51(43)44/h3-32H,1-2H3/b46-30+. The smallest absolute Gasteiger partial charge is 0.143 e. The van der Waals surface area contributed by atoms with E-state index in [0.717, 1.165) is 38.6 Å². The quantitative estimate of drug-likeness (QED) is 0.161. The highest BCUT2D eigenvalue weighted by Crippen LogP contribution is 2.51. The summed E-state index contributed by atoms with van der Waals surface area (Å²) in [5.74, 6) is 0. The molecule has 0 radical (unpaired) electrons. The van der Waals surface area contributed by atoms with Gasteiger partial charge >= 0.3 is 0 Å². The van der Waals surface area contributed by atoms with Crippen LogP contribution in [0.4, 0.5) is 0 Å². The molecular formula is C53H36OS. The van der Waals surface area contributed by atoms with E-state index in [0.29, 0.717) is 0 Å². The largest absolute Gasteiger partial charge is 0.455 e. The first-order chi connectivity index (χ1) is 27.0. The lowest BCUT2D eigenvalue weighted by molar-refractivity contribution is 0.660. The van der Waals surface area contributed by atoms with Crippen LogP contribution in [-0.2, 0) is 5.41 Å². The second kappa shape index (κ2) is 12.3. The molecular weight excluding hydrogens is 685 g/mol. The van der Waals surface area contributed by atoms with Gasteiger partial charge in [0.15, 0.2) is 0 Å². The number of thiophene rings is 1. The van der Waals surface area contributed by atoms with Crippen LogP contribution in [-0.4, -0.2) is 0 Å². The maximum atomic E-state index is 6.62. The van der Waals surface area contributed by atoms with Crippen molar-refractivity contribution >= 4 is 65.1 Å². The molecule has 1 aliphatic carbocycles. The van der Waals surface area contributed by atoms with Gasteiger partial charge in [0, 0.05) is 41.9 Å². The van der Waals surface area contributed by atoms with Gasteiger partial charge in [-0.05, 0) is 85.5 Å². The maximum absolute atomic E-state index is 6.62. The molecule has 2 heterocycles. The van der Waals surface area contributed by atoms with Gasteiger partial charge in [0.2, 0.25) is 0 Å². The highest BCUT2D eigenvalue weighted by atomic mass is 32.1. The van der Waals surface area contributed by atoms with Gasteiger partial charge < -0.3 is 4.42 Å². The van der Waals surface area contributed by atoms with Gasteiger partial charge in [-0.25, -0.2) is 0 Å². The Bertz CT molecular complexity index is 3150. The SMILES string of the molecule is CC1(C)c2cc(/C=C(\c3ccc(-c4ccccc4)cc3)c3cccc4c3oc3ccccc34)ccc2-c2ccc(-c3cccc4c3sc3ccccc34)cc21. The lowest BCUT2D eigenvalue weighted by atomic mass is 9.81. The summed E-state index contributed by atoms with van der Waals surface area (Å²) < 4.78 is 9.31. The van der Waals surface area contributed by atoms with E-state index in [1.54, 1.807) is 0 Å². The minimum absolute atomic E-state index is 0.172. The number of benzene rings is 8. The Morgan fingerprint density at radius 2 is 1.16 bits per heavy atom. The van der Waals surface area contributed by atoms with Gasteiger partial charge in [-0.1, -0.05) is 172 Å². The molecule has 1 aliphatic rings. The van der Waals surface area contributed by atoms with Gasteiger partial charge in [-0.3, -0.25) is 0 Å². The summed E-state index contributed by atoms with van der Waals surface area (Å²) >= 11 is 1.90. The number of hydrogen-bond donors (Lipinski definition) is 0. The highest BCUT2D eigenvalue weighted by Gasteiger charge is 2.36. The predicted molar refractivity (Wildman–Crippen MR) is 235 cm³/mol. The van der Waals surface area contributed by atoms with Crippen molar-refractivity contribution in [2.75, 3.05) is 0 Å². The van der Waals surface area contributed by atoms with Crippen molar-refractivity contribution in [3.63, 3.8) is 0 Å². The fraction of sp³-hybridized carbons (Fsp3) is 0.0566. The van der Waals surface area contributed by atoms with E-state index >= 15 is 0 Å². The van der Waals surface area contributed by atoms with Crippen LogP contribution in [0.1, 0.15) is 41.7 Å². The summed E-state index contributed by atoms with van der Waals surface area (Å²) in [5, 5.41) is 4.94. The number of fused-ring (bicyclic) bond motifs is 9. The Morgan fingerprint density at radius 3 is 2.02 bits per heavy atom. The molecule has 8 aromatic carbocycles. The zero-order chi connectivity index (χ0) is 36.7. The molecule has 260 valence electrons. The summed E-state index contributed by atoms with van der Waals surface area (Å²) in [4.78, 5) is 0. The topological polar surface area (TPSA) is 13.1 Å². The van der Waals surface area contributed by atoms with Gasteiger partial charge in [-0.2, -0.15) is 0 Å². The fourth-order valence-electron chi connectivity index (χ4n) is 8.90. The van der Waals surface area contributed by atoms with Crippen molar-refractivity contribution in [1.29, 1.82) is 0 Å². The molecule has 10 aromatic rings. The lowest BCUT2D eigenvalue weighted by Gasteiger charge is -2.22. The van der Waals surface area contributed by atoms with Crippen molar-refractivity contribution in [1.82, 2.24) is 0 Å². The molecule has 0 fully saturated rings. The van der Waals surface area contributed by atoms with E-state index in [-0.39, 0.29) is 5.41 Å². The Morgan fingerprint density at radius 1 is 0.509 bits per heavy atom. The fourth-order valence-corrected chi connectivity index (χ4v) is 10.1. The van der Waals surface area contributed by atoms with Crippen LogP contribution in [0.2, 0.25) is 0 Å². The molecule has 0 bridgehead atoms. The third kappa shape index (κ3) is 5.06. The molecule has 0 saturated carbocycles. The number of para-hydroxylation sites is 2. The average molecular weight is 721 g/mol. The Kier molecular flexibility index (Phi) is 7.14. The Hall–Kier alpha value is -6.48. The van der Waals surface area contributed by atoms with Crippen molar-refractivity contribution in [3.05, 3.63) is 204 Å². The van der Waals surface area contributed by atoms with Crippen LogP contribution < -0.4 is 0 Å². The van der Waals surface area contributed by atoms with Crippen molar-refractivity contribution in [2.45, 2.75) is 19.3 Å². The van der Waals surface area contributed by atoms with Crippen molar-refractivity contribution in [2.24, 2.45) is 0 Å². The summed E-state index contributed by atoms with van der Waals surface area (Å²) in [6, 6.07) is 64.1. The zero-order valence-corrected chi connectivity index (χ0v) is 31.5. The number of hydrogen-bond acceptors (Lipinski definition) is 2. The molecule has 2 aromatic heterocycles. The third-order valence-electron chi connectivity index (χ3n) is 11.7. The molecule has 2 heteroatoms. The number of rotatable bonds is 5. The summed E-state index contributed by atoms with van der Waals surface area (Å²) in [6.07, 6.45) is 2.35. The molecule has 0 saturated heterocycles. The van der Waals surface area contributed by atoms with Crippen molar-refractivity contribution < 1.29 is 4.42 Å². The molecule has 0 atom stereocenters. The van der Waals surface area contributed by atoms with Crippen LogP contribution in [0.25, 0.3) is 87.1 Å². The Labute approximate surface area is 324 Å². The summed E-state index contributed by atoms with van der Waals surface area (Å²) in [7, 11) is 0. The predicted octanol–water partition coefficient (Wildman–Crippen LogP) is 15.2. The average Bonchev–Trinajstić information content (AvgIpc) is 3.88. The van der Waals surface area contributed by atoms with Crippen LogP contribution in [0, 0.1) is 0 Å². The van der Waals surface area contributed by atoms with E-state index in [1.165, 1.54) is 70.2 Å². The van der Waals surface area contributed by atoms with Gasteiger partial charge in [0.1, 0.15) is 11.2 Å².